The van der Waals surface area contributed by atoms with E-state index in [9.17, 15) is 9.59 Å². The van der Waals surface area contributed by atoms with Gasteiger partial charge >= 0.3 is 5.97 Å². The van der Waals surface area contributed by atoms with Gasteiger partial charge in [0.15, 0.2) is 5.60 Å². The van der Waals surface area contributed by atoms with Gasteiger partial charge in [-0.3, -0.25) is 4.79 Å². The number of alkyl halides is 1. The van der Waals surface area contributed by atoms with Gasteiger partial charge in [-0.1, -0.05) is 18.6 Å². The van der Waals surface area contributed by atoms with Crippen molar-refractivity contribution in [3.05, 3.63) is 35.4 Å². The van der Waals surface area contributed by atoms with Gasteiger partial charge in [0, 0.05) is 5.88 Å². The first-order valence-electron chi connectivity index (χ1n) is 6.75. The molecule has 2 rings (SSSR count). The van der Waals surface area contributed by atoms with E-state index in [-0.39, 0.29) is 0 Å². The van der Waals surface area contributed by atoms with Crippen molar-refractivity contribution in [2.75, 3.05) is 0 Å². The van der Waals surface area contributed by atoms with Gasteiger partial charge in [-0.25, -0.2) is 4.79 Å². The van der Waals surface area contributed by atoms with Crippen molar-refractivity contribution in [1.29, 1.82) is 0 Å². The number of carbonyl (C=O) groups excluding carboxylic acids is 2. The Balaban J connectivity index is 2.13. The van der Waals surface area contributed by atoms with Crippen LogP contribution in [0.4, 0.5) is 0 Å². The topological polar surface area (TPSA) is 69.4 Å². The van der Waals surface area contributed by atoms with Crippen molar-refractivity contribution in [3.63, 3.8) is 0 Å². The molecule has 0 saturated heterocycles. The second kappa shape index (κ2) is 6.27. The molecule has 108 valence electrons. The Morgan fingerprint density at radius 2 is 1.75 bits per heavy atom. The van der Waals surface area contributed by atoms with E-state index in [1.54, 1.807) is 24.3 Å². The van der Waals surface area contributed by atoms with E-state index in [1.165, 1.54) is 0 Å². The predicted molar refractivity (Wildman–Crippen MR) is 76.4 cm³/mol. The molecule has 0 atom stereocenters. The second-order valence-electron chi connectivity index (χ2n) is 5.14. The molecule has 0 heterocycles. The number of hydrogen-bond acceptors (Lipinski definition) is 3. The Kier molecular flexibility index (Phi) is 4.65. The van der Waals surface area contributed by atoms with Gasteiger partial charge in [0.25, 0.3) is 5.91 Å². The van der Waals surface area contributed by atoms with Gasteiger partial charge in [-0.2, -0.15) is 0 Å². The highest BCUT2D eigenvalue weighted by Gasteiger charge is 2.41. The molecule has 1 aromatic rings. The monoisotopic (exact) mass is 295 g/mol. The van der Waals surface area contributed by atoms with Crippen LogP contribution in [0.1, 0.15) is 48.0 Å². The highest BCUT2D eigenvalue weighted by Crippen LogP contribution is 2.32. The summed E-state index contributed by atoms with van der Waals surface area (Å²) in [6.07, 6.45) is 3.75. The molecule has 0 radical (unpaired) electrons. The molecule has 1 amide bonds. The fourth-order valence-electron chi connectivity index (χ4n) is 2.49. The standard InChI is InChI=1S/C15H18ClNO3/c16-10-11-4-6-12(7-5-11)13(18)20-15(14(17)19)8-2-1-3-9-15/h4-7H,1-3,8-10H2,(H2,17,19). The van der Waals surface area contributed by atoms with Crippen molar-refractivity contribution in [2.45, 2.75) is 43.6 Å². The predicted octanol–water partition coefficient (Wildman–Crippen LogP) is 2.77. The minimum Gasteiger partial charge on any atom is -0.445 e. The Morgan fingerprint density at radius 1 is 1.15 bits per heavy atom. The number of rotatable bonds is 4. The fourth-order valence-corrected chi connectivity index (χ4v) is 2.67. The number of hydrogen-bond donors (Lipinski definition) is 1. The lowest BCUT2D eigenvalue weighted by atomic mass is 9.84. The minimum absolute atomic E-state index is 0.389. The first kappa shape index (κ1) is 14.9. The third-order valence-electron chi connectivity index (χ3n) is 3.74. The van der Waals surface area contributed by atoms with Crippen LogP contribution in [0.25, 0.3) is 0 Å². The van der Waals surface area contributed by atoms with Crippen LogP contribution in [0.5, 0.6) is 0 Å². The van der Waals surface area contributed by atoms with Gasteiger partial charge in [-0.15, -0.1) is 11.6 Å². The molecule has 0 aromatic heterocycles. The molecular weight excluding hydrogens is 278 g/mol. The lowest BCUT2D eigenvalue weighted by Crippen LogP contribution is -2.49. The van der Waals surface area contributed by atoms with Crippen molar-refractivity contribution in [2.24, 2.45) is 5.73 Å². The molecule has 0 aliphatic heterocycles. The molecular formula is C15H18ClNO3. The number of primary amides is 1. The van der Waals surface area contributed by atoms with Crippen LogP contribution in [0.2, 0.25) is 0 Å². The van der Waals surface area contributed by atoms with Crippen LogP contribution in [0.15, 0.2) is 24.3 Å². The van der Waals surface area contributed by atoms with E-state index in [4.69, 9.17) is 22.1 Å². The average Bonchev–Trinajstić information content (AvgIpc) is 2.48. The molecule has 1 aliphatic carbocycles. The molecule has 4 nitrogen and oxygen atoms in total. The summed E-state index contributed by atoms with van der Waals surface area (Å²) in [4.78, 5) is 23.8. The molecule has 2 N–H and O–H groups in total. The van der Waals surface area contributed by atoms with Crippen molar-refractivity contribution >= 4 is 23.5 Å². The quantitative estimate of drug-likeness (QED) is 0.686. The molecule has 20 heavy (non-hydrogen) atoms. The molecule has 1 fully saturated rings. The molecule has 1 aliphatic rings. The SMILES string of the molecule is NC(=O)C1(OC(=O)c2ccc(CCl)cc2)CCCCC1. The molecule has 5 heteroatoms. The summed E-state index contributed by atoms with van der Waals surface area (Å²) in [5.74, 6) is -0.671. The highest BCUT2D eigenvalue weighted by atomic mass is 35.5. The minimum atomic E-state index is -1.14. The third-order valence-corrected chi connectivity index (χ3v) is 4.05. The Labute approximate surface area is 123 Å². The van der Waals surface area contributed by atoms with E-state index < -0.39 is 17.5 Å². The van der Waals surface area contributed by atoms with Crippen LogP contribution >= 0.6 is 11.6 Å². The first-order chi connectivity index (χ1) is 9.57. The maximum absolute atomic E-state index is 12.2. The highest BCUT2D eigenvalue weighted by molar-refractivity contribution is 6.17. The van der Waals surface area contributed by atoms with Crippen LogP contribution in [-0.4, -0.2) is 17.5 Å². The zero-order valence-corrected chi connectivity index (χ0v) is 12.0. The third kappa shape index (κ3) is 3.12. The summed E-state index contributed by atoms with van der Waals surface area (Å²) < 4.78 is 5.45. The number of esters is 1. The number of benzene rings is 1. The zero-order chi connectivity index (χ0) is 14.6. The average molecular weight is 296 g/mol. The van der Waals surface area contributed by atoms with Gasteiger partial charge in [0.05, 0.1) is 5.56 Å². The van der Waals surface area contributed by atoms with Gasteiger partial charge in [-0.05, 0) is 43.4 Å². The van der Waals surface area contributed by atoms with Crippen molar-refractivity contribution in [3.8, 4) is 0 Å². The van der Waals surface area contributed by atoms with E-state index in [0.717, 1.165) is 24.8 Å². The summed E-state index contributed by atoms with van der Waals surface area (Å²) >= 11 is 5.70. The largest absolute Gasteiger partial charge is 0.445 e. The smallest absolute Gasteiger partial charge is 0.339 e. The van der Waals surface area contributed by atoms with Crippen LogP contribution in [0.3, 0.4) is 0 Å². The Morgan fingerprint density at radius 3 is 2.25 bits per heavy atom. The van der Waals surface area contributed by atoms with Gasteiger partial charge < -0.3 is 10.5 Å². The number of halogens is 1. The zero-order valence-electron chi connectivity index (χ0n) is 11.2. The van der Waals surface area contributed by atoms with Gasteiger partial charge in [0.1, 0.15) is 0 Å². The number of carbonyl (C=O) groups is 2. The Bertz CT molecular complexity index is 492. The van der Waals surface area contributed by atoms with Crippen LogP contribution < -0.4 is 5.73 Å². The number of amides is 1. The molecule has 1 aromatic carbocycles. The second-order valence-corrected chi connectivity index (χ2v) is 5.41. The lowest BCUT2D eigenvalue weighted by Gasteiger charge is -2.33. The van der Waals surface area contributed by atoms with E-state index in [0.29, 0.717) is 24.3 Å². The molecule has 0 bridgehead atoms. The summed E-state index contributed by atoms with van der Waals surface area (Å²) in [6.45, 7) is 0. The van der Waals surface area contributed by atoms with Crippen LogP contribution in [-0.2, 0) is 15.4 Å². The molecule has 0 unspecified atom stereocenters. The number of nitrogens with two attached hydrogens (primary N) is 1. The summed E-state index contributed by atoms with van der Waals surface area (Å²) in [6, 6.07) is 6.83. The van der Waals surface area contributed by atoms with Gasteiger partial charge in [0.2, 0.25) is 0 Å². The fraction of sp³-hybridized carbons (Fsp3) is 0.467. The summed E-state index contributed by atoms with van der Waals surface area (Å²) in [5, 5.41) is 0. The maximum atomic E-state index is 12.2. The molecule has 0 spiro atoms. The van der Waals surface area contributed by atoms with E-state index in [1.807, 2.05) is 0 Å². The van der Waals surface area contributed by atoms with Crippen molar-refractivity contribution < 1.29 is 14.3 Å². The van der Waals surface area contributed by atoms with E-state index in [2.05, 4.69) is 0 Å². The number of ether oxygens (including phenoxy) is 1. The normalized spacial score (nSPS) is 17.4. The summed E-state index contributed by atoms with van der Waals surface area (Å²) in [5.41, 5.74) is 5.63. The van der Waals surface area contributed by atoms with Crippen molar-refractivity contribution in [1.82, 2.24) is 0 Å². The maximum Gasteiger partial charge on any atom is 0.339 e. The van der Waals surface area contributed by atoms with E-state index >= 15 is 0 Å². The lowest BCUT2D eigenvalue weighted by molar-refractivity contribution is -0.140. The molecule has 1 saturated carbocycles. The Hall–Kier alpha value is -1.55. The summed E-state index contributed by atoms with van der Waals surface area (Å²) in [7, 11) is 0. The van der Waals surface area contributed by atoms with Crippen LogP contribution in [0, 0.1) is 0 Å². The first-order valence-corrected chi connectivity index (χ1v) is 7.29.